The van der Waals surface area contributed by atoms with E-state index in [1.54, 1.807) is 19.3 Å². The van der Waals surface area contributed by atoms with Crippen LogP contribution in [0.25, 0.3) is 0 Å². The van der Waals surface area contributed by atoms with Crippen molar-refractivity contribution in [1.29, 1.82) is 0 Å². The van der Waals surface area contributed by atoms with Crippen molar-refractivity contribution in [3.8, 4) is 0 Å². The Hall–Kier alpha value is -1.46. The predicted molar refractivity (Wildman–Crippen MR) is 147 cm³/mol. The highest BCUT2D eigenvalue weighted by atomic mass is 16.5. The number of hydrogen-bond donors (Lipinski definition) is 1. The third-order valence-electron chi connectivity index (χ3n) is 13.6. The van der Waals surface area contributed by atoms with Crippen molar-refractivity contribution in [2.75, 3.05) is 6.54 Å². The van der Waals surface area contributed by atoms with Gasteiger partial charge in [0.15, 0.2) is 0 Å². The Morgan fingerprint density at radius 1 is 1.00 bits per heavy atom. The molecular formula is C33H48N2O3. The van der Waals surface area contributed by atoms with E-state index in [0.717, 1.165) is 30.2 Å². The van der Waals surface area contributed by atoms with E-state index in [1.165, 1.54) is 51.4 Å². The van der Waals surface area contributed by atoms with Gasteiger partial charge in [-0.05, 0) is 127 Å². The lowest BCUT2D eigenvalue weighted by Crippen LogP contribution is -2.54. The molecule has 1 saturated heterocycles. The monoisotopic (exact) mass is 520 g/mol. The van der Waals surface area contributed by atoms with Gasteiger partial charge in [-0.3, -0.25) is 9.78 Å². The molecule has 10 atom stereocenters. The van der Waals surface area contributed by atoms with E-state index in [-0.39, 0.29) is 23.5 Å². The lowest BCUT2D eigenvalue weighted by molar-refractivity contribution is -0.140. The molecule has 8 unspecified atom stereocenters. The van der Waals surface area contributed by atoms with Gasteiger partial charge in [-0.15, -0.1) is 0 Å². The van der Waals surface area contributed by atoms with Crippen molar-refractivity contribution >= 4 is 5.91 Å². The van der Waals surface area contributed by atoms with Gasteiger partial charge in [0.2, 0.25) is 5.91 Å². The van der Waals surface area contributed by atoms with E-state index < -0.39 is 0 Å². The highest BCUT2D eigenvalue weighted by molar-refractivity contribution is 5.73. The topological polar surface area (TPSA) is 62.7 Å². The molecule has 1 aromatic rings. The van der Waals surface area contributed by atoms with E-state index in [9.17, 15) is 9.90 Å². The minimum atomic E-state index is -0.131. The number of aliphatic hydroxyl groups is 1. The van der Waals surface area contributed by atoms with Gasteiger partial charge < -0.3 is 14.7 Å². The summed E-state index contributed by atoms with van der Waals surface area (Å²) in [5, 5.41) is 10.9. The van der Waals surface area contributed by atoms with Crippen LogP contribution in [0.3, 0.4) is 0 Å². The second kappa shape index (κ2) is 8.52. The molecular weight excluding hydrogens is 472 g/mol. The average Bonchev–Trinajstić information content (AvgIpc) is 3.47. The zero-order valence-corrected chi connectivity index (χ0v) is 24.0. The molecule has 1 aliphatic heterocycles. The van der Waals surface area contributed by atoms with Gasteiger partial charge in [0.05, 0.1) is 18.3 Å². The number of carbonyl (C=O) groups excluding carboxylic acids is 1. The van der Waals surface area contributed by atoms with Crippen LogP contribution in [0.4, 0.5) is 0 Å². The zero-order chi connectivity index (χ0) is 26.5. The van der Waals surface area contributed by atoms with Crippen LogP contribution in [-0.4, -0.2) is 45.8 Å². The fraction of sp³-hybridized carbons (Fsp3) is 0.818. The van der Waals surface area contributed by atoms with Crippen molar-refractivity contribution < 1.29 is 14.6 Å². The summed E-state index contributed by atoms with van der Waals surface area (Å²) in [7, 11) is 0. The van der Waals surface area contributed by atoms with Crippen LogP contribution in [0.1, 0.15) is 97.5 Å². The number of ether oxygens (including phenoxy) is 1. The molecule has 5 aliphatic carbocycles. The summed E-state index contributed by atoms with van der Waals surface area (Å²) in [6.45, 7) is 10.4. The maximum absolute atomic E-state index is 12.5. The molecule has 6 aliphatic rings. The lowest BCUT2D eigenvalue weighted by atomic mass is 9.46. The van der Waals surface area contributed by atoms with Gasteiger partial charge in [0.25, 0.3) is 0 Å². The summed E-state index contributed by atoms with van der Waals surface area (Å²) in [5.41, 5.74) is 2.64. The fourth-order valence-corrected chi connectivity index (χ4v) is 11.7. The van der Waals surface area contributed by atoms with Gasteiger partial charge >= 0.3 is 0 Å². The molecule has 5 nitrogen and oxygen atoms in total. The molecule has 6 fully saturated rings. The number of rotatable bonds is 4. The molecule has 38 heavy (non-hydrogen) atoms. The highest BCUT2D eigenvalue weighted by Gasteiger charge is 2.80. The minimum Gasteiger partial charge on any atom is -0.393 e. The Balaban J connectivity index is 1.07. The van der Waals surface area contributed by atoms with Crippen LogP contribution < -0.4 is 0 Å². The van der Waals surface area contributed by atoms with Crippen molar-refractivity contribution in [3.63, 3.8) is 0 Å². The summed E-state index contributed by atoms with van der Waals surface area (Å²) in [5.74, 6) is 3.11. The normalized spacial score (nSPS) is 48.1. The predicted octanol–water partition coefficient (Wildman–Crippen LogP) is 6.00. The first-order valence-corrected chi connectivity index (χ1v) is 15.6. The van der Waals surface area contributed by atoms with E-state index in [4.69, 9.17) is 4.74 Å². The summed E-state index contributed by atoms with van der Waals surface area (Å²) < 4.78 is 6.92. The van der Waals surface area contributed by atoms with Gasteiger partial charge in [0, 0.05) is 32.4 Å². The standard InChI is InChI=1S/C33H48N2O3/c1-21(36)35(18-22-10-15-34-16-11-22)19-23-5-6-25-27(38-23)17-26-24-7-8-28-30(2,3)29(37)9-12-33(28)20-32(24,33)14-13-31(25,26)4/h10-11,15-16,23-29,37H,5-9,12-14,17-20H2,1-4H3/t23?,24?,25?,26?,27?,28?,29-,31?,32-,33?/m0/s1. The van der Waals surface area contributed by atoms with Crippen LogP contribution in [-0.2, 0) is 16.1 Å². The van der Waals surface area contributed by atoms with Crippen molar-refractivity contribution in [1.82, 2.24) is 9.88 Å². The molecule has 208 valence electrons. The molecule has 1 amide bonds. The number of fused-ring (bicyclic) bond motifs is 4. The minimum absolute atomic E-state index is 0.0618. The average molecular weight is 521 g/mol. The second-order valence-electron chi connectivity index (χ2n) is 15.2. The van der Waals surface area contributed by atoms with Crippen molar-refractivity contribution in [3.05, 3.63) is 30.1 Å². The van der Waals surface area contributed by atoms with E-state index in [1.807, 2.05) is 17.0 Å². The summed E-state index contributed by atoms with van der Waals surface area (Å²) in [6.07, 6.45) is 16.6. The molecule has 2 heterocycles. The van der Waals surface area contributed by atoms with Gasteiger partial charge in [0.1, 0.15) is 0 Å². The second-order valence-corrected chi connectivity index (χ2v) is 15.2. The third kappa shape index (κ3) is 3.42. The van der Waals surface area contributed by atoms with Crippen molar-refractivity contribution in [2.45, 2.75) is 117 Å². The molecule has 0 aromatic carbocycles. The van der Waals surface area contributed by atoms with Crippen LogP contribution in [0.15, 0.2) is 24.5 Å². The van der Waals surface area contributed by atoms with Crippen LogP contribution in [0.5, 0.6) is 0 Å². The quantitative estimate of drug-likeness (QED) is 0.529. The Labute approximate surface area is 229 Å². The van der Waals surface area contributed by atoms with Crippen LogP contribution >= 0.6 is 0 Å². The first kappa shape index (κ1) is 25.5. The van der Waals surface area contributed by atoms with Gasteiger partial charge in [-0.1, -0.05) is 20.8 Å². The Kier molecular flexibility index (Phi) is 5.72. The van der Waals surface area contributed by atoms with Gasteiger partial charge in [-0.2, -0.15) is 0 Å². The molecule has 0 radical (unpaired) electrons. The number of nitrogens with zero attached hydrogens (tertiary/aromatic N) is 2. The molecule has 5 saturated carbocycles. The molecule has 0 bridgehead atoms. The maximum atomic E-state index is 12.5. The lowest BCUT2D eigenvalue weighted by Gasteiger charge is -2.59. The highest BCUT2D eigenvalue weighted by Crippen LogP contribution is 2.87. The molecule has 1 aromatic heterocycles. The molecule has 5 heteroatoms. The Morgan fingerprint density at radius 2 is 1.76 bits per heavy atom. The van der Waals surface area contributed by atoms with E-state index in [2.05, 4.69) is 25.8 Å². The largest absolute Gasteiger partial charge is 0.393 e. The first-order chi connectivity index (χ1) is 18.1. The van der Waals surface area contributed by atoms with E-state index in [0.29, 0.717) is 47.3 Å². The summed E-state index contributed by atoms with van der Waals surface area (Å²) in [4.78, 5) is 18.6. The number of aliphatic hydroxyl groups excluding tert-OH is 1. The number of hydrogen-bond acceptors (Lipinski definition) is 4. The zero-order valence-electron chi connectivity index (χ0n) is 24.0. The maximum Gasteiger partial charge on any atom is 0.219 e. The number of aromatic nitrogens is 1. The van der Waals surface area contributed by atoms with Crippen molar-refractivity contribution in [2.24, 2.45) is 45.3 Å². The van der Waals surface area contributed by atoms with Crippen LogP contribution in [0.2, 0.25) is 0 Å². The smallest absolute Gasteiger partial charge is 0.219 e. The SMILES string of the molecule is CC(=O)N(Cc1ccncc1)CC1CCC2C(CC3C4CCC5C(C)(C)[C@@H](O)CCC56C[C@@]46CCC23C)O1. The van der Waals surface area contributed by atoms with E-state index >= 15 is 0 Å². The number of amides is 1. The number of carbonyl (C=O) groups is 1. The van der Waals surface area contributed by atoms with Gasteiger partial charge in [-0.25, -0.2) is 0 Å². The Morgan fingerprint density at radius 3 is 2.53 bits per heavy atom. The fourth-order valence-electron chi connectivity index (χ4n) is 11.7. The third-order valence-corrected chi connectivity index (χ3v) is 13.6. The molecule has 7 rings (SSSR count). The first-order valence-electron chi connectivity index (χ1n) is 15.6. The van der Waals surface area contributed by atoms with Crippen LogP contribution in [0, 0.1) is 45.3 Å². The molecule has 2 spiro atoms. The molecule has 1 N–H and O–H groups in total. The summed E-state index contributed by atoms with van der Waals surface area (Å²) in [6, 6.07) is 4.00. The summed E-state index contributed by atoms with van der Waals surface area (Å²) >= 11 is 0. The number of pyridine rings is 1. The Bertz CT molecular complexity index is 1090.